The maximum absolute atomic E-state index is 13.1. The molecule has 0 amide bonds. The Hall–Kier alpha value is -3.40. The lowest BCUT2D eigenvalue weighted by Crippen LogP contribution is -2.35. The van der Waals surface area contributed by atoms with Gasteiger partial charge in [-0.25, -0.2) is 23.7 Å². The first kappa shape index (κ1) is 21.4. The highest BCUT2D eigenvalue weighted by Gasteiger charge is 2.21. The summed E-state index contributed by atoms with van der Waals surface area (Å²) in [7, 11) is 2.12. The second-order valence-electron chi connectivity index (χ2n) is 8.61. The van der Waals surface area contributed by atoms with Crippen molar-refractivity contribution in [1.82, 2.24) is 29.8 Å². The first-order valence-corrected chi connectivity index (χ1v) is 10.9. The molecule has 3 aromatic heterocycles. The van der Waals surface area contributed by atoms with Gasteiger partial charge < -0.3 is 19.9 Å². The second kappa shape index (κ2) is 8.51. The number of ether oxygens (including phenoxy) is 1. The number of H-pyrrole nitrogens is 1. The van der Waals surface area contributed by atoms with Crippen molar-refractivity contribution in [3.8, 4) is 17.0 Å². The van der Waals surface area contributed by atoms with Gasteiger partial charge >= 0.3 is 0 Å². The molecule has 172 valence electrons. The third-order valence-corrected chi connectivity index (χ3v) is 5.77. The number of fused-ring (bicyclic) bond motifs is 2. The molecular weight excluding hydrogens is 428 g/mol. The lowest BCUT2D eigenvalue weighted by Gasteiger charge is -2.28. The average Bonchev–Trinajstić information content (AvgIpc) is 3.21. The standard InChI is InChI=1S/C23H25F2N7O/c1-23(24,25)13-29-22-28-11-17-16(10-27-21(17)31-22)14-3-4-18-19(9-14)30-20(12-26-18)33-15-5-7-32(2)8-6-15/h3-4,9-12,15H,5-8,13H2,1-2H3,(H2,27,28,29,31). The van der Waals surface area contributed by atoms with Crippen molar-refractivity contribution in [2.45, 2.75) is 31.8 Å². The zero-order valence-corrected chi connectivity index (χ0v) is 18.5. The molecule has 1 fully saturated rings. The fraction of sp³-hybridized carbons (Fsp3) is 0.391. The van der Waals surface area contributed by atoms with Crippen molar-refractivity contribution in [2.24, 2.45) is 0 Å². The van der Waals surface area contributed by atoms with Crippen LogP contribution in [0.1, 0.15) is 19.8 Å². The highest BCUT2D eigenvalue weighted by atomic mass is 19.3. The molecule has 0 radical (unpaired) electrons. The Morgan fingerprint density at radius 2 is 1.97 bits per heavy atom. The SMILES string of the molecule is CN1CCC(Oc2cnc3ccc(-c4c[nH]c5nc(NCC(C)(F)F)ncc45)cc3n2)CC1. The Balaban J connectivity index is 1.39. The summed E-state index contributed by atoms with van der Waals surface area (Å²) in [5.41, 5.74) is 3.88. The van der Waals surface area contributed by atoms with E-state index in [1.165, 1.54) is 0 Å². The van der Waals surface area contributed by atoms with Gasteiger partial charge in [-0.2, -0.15) is 4.98 Å². The number of halogens is 2. The predicted molar refractivity (Wildman–Crippen MR) is 123 cm³/mol. The fourth-order valence-electron chi connectivity index (χ4n) is 3.96. The number of aromatic amines is 1. The lowest BCUT2D eigenvalue weighted by atomic mass is 10.1. The first-order valence-electron chi connectivity index (χ1n) is 10.9. The molecular formula is C23H25F2N7O. The largest absolute Gasteiger partial charge is 0.473 e. The number of rotatable bonds is 6. The number of hydrogen-bond donors (Lipinski definition) is 2. The average molecular weight is 453 g/mol. The van der Waals surface area contributed by atoms with Crippen molar-refractivity contribution in [1.29, 1.82) is 0 Å². The van der Waals surface area contributed by atoms with Crippen LogP contribution in [0, 0.1) is 0 Å². The van der Waals surface area contributed by atoms with E-state index in [2.05, 4.69) is 42.2 Å². The summed E-state index contributed by atoms with van der Waals surface area (Å²) >= 11 is 0. The Morgan fingerprint density at radius 1 is 1.15 bits per heavy atom. The van der Waals surface area contributed by atoms with E-state index < -0.39 is 12.5 Å². The molecule has 1 saturated heterocycles. The van der Waals surface area contributed by atoms with E-state index in [9.17, 15) is 8.78 Å². The van der Waals surface area contributed by atoms with Gasteiger partial charge in [0.25, 0.3) is 5.92 Å². The van der Waals surface area contributed by atoms with Crippen LogP contribution in [0.4, 0.5) is 14.7 Å². The molecule has 10 heteroatoms. The van der Waals surface area contributed by atoms with Gasteiger partial charge in [0.1, 0.15) is 11.8 Å². The Kier molecular flexibility index (Phi) is 5.53. The Bertz CT molecular complexity index is 1280. The molecule has 2 N–H and O–H groups in total. The molecule has 8 nitrogen and oxygen atoms in total. The van der Waals surface area contributed by atoms with Gasteiger partial charge in [-0.3, -0.25) is 0 Å². The highest BCUT2D eigenvalue weighted by Crippen LogP contribution is 2.30. The molecule has 0 atom stereocenters. The molecule has 4 aromatic rings. The number of benzene rings is 1. The van der Waals surface area contributed by atoms with Crippen LogP contribution in [0.3, 0.4) is 0 Å². The van der Waals surface area contributed by atoms with Crippen LogP contribution in [0.15, 0.2) is 36.8 Å². The van der Waals surface area contributed by atoms with Crippen molar-refractivity contribution >= 4 is 28.0 Å². The van der Waals surface area contributed by atoms with Crippen LogP contribution < -0.4 is 10.1 Å². The fourth-order valence-corrected chi connectivity index (χ4v) is 3.96. The number of nitrogens with zero attached hydrogens (tertiary/aromatic N) is 5. The number of anilines is 1. The molecule has 33 heavy (non-hydrogen) atoms. The van der Waals surface area contributed by atoms with Crippen molar-refractivity contribution in [3.63, 3.8) is 0 Å². The van der Waals surface area contributed by atoms with Crippen molar-refractivity contribution in [2.75, 3.05) is 32.0 Å². The van der Waals surface area contributed by atoms with Crippen LogP contribution in [0.25, 0.3) is 33.2 Å². The summed E-state index contributed by atoms with van der Waals surface area (Å²) in [4.78, 5) is 23.1. The van der Waals surface area contributed by atoms with E-state index in [-0.39, 0.29) is 12.1 Å². The molecule has 0 bridgehead atoms. The van der Waals surface area contributed by atoms with E-state index in [0.717, 1.165) is 60.4 Å². The van der Waals surface area contributed by atoms with Gasteiger partial charge in [-0.1, -0.05) is 6.07 Å². The highest BCUT2D eigenvalue weighted by molar-refractivity contribution is 5.95. The molecule has 1 aromatic carbocycles. The number of hydrogen-bond acceptors (Lipinski definition) is 7. The maximum atomic E-state index is 13.1. The topological polar surface area (TPSA) is 91.8 Å². The third kappa shape index (κ3) is 4.85. The predicted octanol–water partition coefficient (Wildman–Crippen LogP) is 4.11. The van der Waals surface area contributed by atoms with Gasteiger partial charge in [0, 0.05) is 43.4 Å². The summed E-state index contributed by atoms with van der Waals surface area (Å²) in [5, 5.41) is 3.35. The lowest BCUT2D eigenvalue weighted by molar-refractivity contribution is 0.0366. The van der Waals surface area contributed by atoms with Gasteiger partial charge in [-0.15, -0.1) is 0 Å². The third-order valence-electron chi connectivity index (χ3n) is 5.77. The quantitative estimate of drug-likeness (QED) is 0.454. The van der Waals surface area contributed by atoms with Crippen LogP contribution >= 0.6 is 0 Å². The normalized spacial score (nSPS) is 15.9. The Labute approximate surface area is 189 Å². The van der Waals surface area contributed by atoms with E-state index in [1.807, 2.05) is 24.4 Å². The summed E-state index contributed by atoms with van der Waals surface area (Å²) in [6.07, 6.45) is 7.22. The molecule has 1 aliphatic heterocycles. The Morgan fingerprint density at radius 3 is 2.76 bits per heavy atom. The summed E-state index contributed by atoms with van der Waals surface area (Å²) < 4.78 is 32.3. The molecule has 5 rings (SSSR count). The molecule has 0 aliphatic carbocycles. The van der Waals surface area contributed by atoms with Crippen LogP contribution in [0.2, 0.25) is 0 Å². The monoisotopic (exact) mass is 453 g/mol. The summed E-state index contributed by atoms with van der Waals surface area (Å²) in [6.45, 7) is 2.34. The molecule has 0 unspecified atom stereocenters. The number of alkyl halides is 2. The number of aromatic nitrogens is 5. The van der Waals surface area contributed by atoms with E-state index in [1.54, 1.807) is 12.4 Å². The smallest absolute Gasteiger partial charge is 0.262 e. The molecule has 1 aliphatic rings. The second-order valence-corrected chi connectivity index (χ2v) is 8.61. The van der Waals surface area contributed by atoms with Gasteiger partial charge in [0.15, 0.2) is 0 Å². The first-order chi connectivity index (χ1) is 15.8. The zero-order valence-electron chi connectivity index (χ0n) is 18.5. The minimum absolute atomic E-state index is 0.150. The minimum Gasteiger partial charge on any atom is -0.473 e. The van der Waals surface area contributed by atoms with Crippen molar-refractivity contribution in [3.05, 3.63) is 36.8 Å². The summed E-state index contributed by atoms with van der Waals surface area (Å²) in [5.74, 6) is -2.17. The maximum Gasteiger partial charge on any atom is 0.262 e. The number of nitrogens with one attached hydrogen (secondary N) is 2. The van der Waals surface area contributed by atoms with Gasteiger partial charge in [-0.05, 0) is 37.6 Å². The molecule has 0 saturated carbocycles. The van der Waals surface area contributed by atoms with Crippen LogP contribution in [0.5, 0.6) is 5.88 Å². The number of likely N-dealkylation sites (tertiary alicyclic amines) is 1. The van der Waals surface area contributed by atoms with E-state index >= 15 is 0 Å². The summed E-state index contributed by atoms with van der Waals surface area (Å²) in [6, 6.07) is 5.83. The van der Waals surface area contributed by atoms with Crippen LogP contribution in [-0.2, 0) is 0 Å². The van der Waals surface area contributed by atoms with Gasteiger partial charge in [0.05, 0.1) is 23.8 Å². The zero-order chi connectivity index (χ0) is 23.0. The van der Waals surface area contributed by atoms with Crippen LogP contribution in [-0.4, -0.2) is 68.5 Å². The minimum atomic E-state index is -2.85. The molecule has 4 heterocycles. The number of piperidine rings is 1. The van der Waals surface area contributed by atoms with Crippen molar-refractivity contribution < 1.29 is 13.5 Å². The molecule has 0 spiro atoms. The van der Waals surface area contributed by atoms with E-state index in [4.69, 9.17) is 4.74 Å². The van der Waals surface area contributed by atoms with E-state index in [0.29, 0.717) is 11.5 Å². The van der Waals surface area contributed by atoms with Gasteiger partial charge in [0.2, 0.25) is 11.8 Å².